The highest BCUT2D eigenvalue weighted by molar-refractivity contribution is 6.18. The molecular weight excluding hydrogens is 341 g/mol. The molecule has 1 aliphatic rings. The van der Waals surface area contributed by atoms with E-state index in [1.807, 2.05) is 55.5 Å². The summed E-state index contributed by atoms with van der Waals surface area (Å²) in [5.74, 6) is 1.04. The lowest BCUT2D eigenvalue weighted by atomic mass is 10.0. The number of aliphatic imine (C=N–C) groups is 1. The molecule has 4 rings (SSSR count). The minimum atomic E-state index is -0.289. The molecule has 27 heavy (non-hydrogen) atoms. The summed E-state index contributed by atoms with van der Waals surface area (Å²) in [6, 6.07) is 21.8. The maximum Gasteiger partial charge on any atom is 0.154 e. The van der Waals surface area contributed by atoms with Crippen molar-refractivity contribution in [3.63, 3.8) is 0 Å². The molecule has 134 valence electrons. The Morgan fingerprint density at radius 1 is 0.926 bits per heavy atom. The largest absolute Gasteiger partial charge is 0.494 e. The molecule has 0 aromatic heterocycles. The fraction of sp³-hybridized carbons (Fsp3) is 0.0909. The van der Waals surface area contributed by atoms with Crippen LogP contribution in [0, 0.1) is 5.82 Å². The summed E-state index contributed by atoms with van der Waals surface area (Å²) in [5, 5.41) is 4.60. The molecule has 1 heterocycles. The van der Waals surface area contributed by atoms with E-state index in [1.165, 1.54) is 12.1 Å². The van der Waals surface area contributed by atoms with Crippen LogP contribution in [-0.2, 0) is 0 Å². The van der Waals surface area contributed by atoms with E-state index in [2.05, 4.69) is 10.5 Å². The first-order valence-corrected chi connectivity index (χ1v) is 8.75. The van der Waals surface area contributed by atoms with Crippen LogP contribution >= 0.6 is 0 Å². The van der Waals surface area contributed by atoms with Gasteiger partial charge in [0.1, 0.15) is 17.3 Å². The second-order valence-electron chi connectivity index (χ2n) is 6.02. The monoisotopic (exact) mass is 359 g/mol. The minimum Gasteiger partial charge on any atom is -0.494 e. The number of fused-ring (bicyclic) bond motifs is 1. The molecule has 0 aliphatic carbocycles. The number of hydrogen-bond acceptors (Lipinski definition) is 4. The zero-order chi connectivity index (χ0) is 18.6. The number of hydrogen-bond donors (Lipinski definition) is 1. The lowest BCUT2D eigenvalue weighted by Crippen LogP contribution is -2.19. The zero-order valence-corrected chi connectivity index (χ0v) is 14.8. The highest BCUT2D eigenvalue weighted by Crippen LogP contribution is 2.29. The summed E-state index contributed by atoms with van der Waals surface area (Å²) in [7, 11) is 0. The molecule has 0 spiro atoms. The van der Waals surface area contributed by atoms with E-state index >= 15 is 0 Å². The average Bonchev–Trinajstić information content (AvgIpc) is 2.89. The molecule has 0 amide bonds. The normalized spacial score (nSPS) is 13.0. The summed E-state index contributed by atoms with van der Waals surface area (Å²) in [4.78, 5) is 4.73. The standard InChI is InChI=1S/C22H18FN3O/c1-2-27-18-12-13-20-19(14-18)21(15-6-4-3-5-7-15)25-26-22(24-20)16-8-10-17(23)11-9-16/h3-14H,2H2,1H3,(H,24,26). The highest BCUT2D eigenvalue weighted by atomic mass is 19.1. The topological polar surface area (TPSA) is 46.0 Å². The van der Waals surface area contributed by atoms with Gasteiger partial charge in [-0.15, -0.1) is 0 Å². The van der Waals surface area contributed by atoms with Gasteiger partial charge >= 0.3 is 0 Å². The SMILES string of the molecule is CCOc1ccc2c(c1)C(c1ccccc1)=NNC(c1ccc(F)cc1)=N2. The molecule has 0 radical (unpaired) electrons. The van der Waals surface area contributed by atoms with Gasteiger partial charge in [-0.1, -0.05) is 30.3 Å². The van der Waals surface area contributed by atoms with E-state index in [0.29, 0.717) is 12.4 Å². The van der Waals surface area contributed by atoms with E-state index in [4.69, 9.17) is 9.73 Å². The zero-order valence-electron chi connectivity index (χ0n) is 14.8. The highest BCUT2D eigenvalue weighted by Gasteiger charge is 2.18. The molecular formula is C22H18FN3O. The maximum absolute atomic E-state index is 13.3. The van der Waals surface area contributed by atoms with Crippen LogP contribution in [0.3, 0.4) is 0 Å². The third kappa shape index (κ3) is 3.58. The van der Waals surface area contributed by atoms with Crippen LogP contribution in [-0.4, -0.2) is 18.2 Å². The summed E-state index contributed by atoms with van der Waals surface area (Å²) < 4.78 is 18.9. The average molecular weight is 359 g/mol. The van der Waals surface area contributed by atoms with Gasteiger partial charge in [0.2, 0.25) is 0 Å². The minimum absolute atomic E-state index is 0.289. The van der Waals surface area contributed by atoms with Gasteiger partial charge in [-0.3, -0.25) is 5.43 Å². The van der Waals surface area contributed by atoms with Gasteiger partial charge in [-0.05, 0) is 49.4 Å². The summed E-state index contributed by atoms with van der Waals surface area (Å²) >= 11 is 0. The first kappa shape index (κ1) is 17.0. The quantitative estimate of drug-likeness (QED) is 0.736. The molecule has 5 heteroatoms. The van der Waals surface area contributed by atoms with Gasteiger partial charge in [0.05, 0.1) is 12.3 Å². The van der Waals surface area contributed by atoms with Crippen molar-refractivity contribution in [3.05, 3.63) is 95.3 Å². The number of rotatable bonds is 4. The molecule has 0 unspecified atom stereocenters. The number of ether oxygens (including phenoxy) is 1. The van der Waals surface area contributed by atoms with E-state index in [9.17, 15) is 4.39 Å². The Morgan fingerprint density at radius 3 is 2.44 bits per heavy atom. The lowest BCUT2D eigenvalue weighted by molar-refractivity contribution is 0.340. The Morgan fingerprint density at radius 2 is 1.70 bits per heavy atom. The molecule has 3 aromatic rings. The second-order valence-corrected chi connectivity index (χ2v) is 6.02. The summed E-state index contributed by atoms with van der Waals surface area (Å²) in [6.07, 6.45) is 0. The van der Waals surface area contributed by atoms with Crippen molar-refractivity contribution < 1.29 is 9.13 Å². The Labute approximate surface area is 157 Å². The van der Waals surface area contributed by atoms with Crippen LogP contribution < -0.4 is 10.2 Å². The number of amidine groups is 1. The number of nitrogens with zero attached hydrogens (tertiary/aromatic N) is 2. The van der Waals surface area contributed by atoms with Crippen LogP contribution in [0.5, 0.6) is 5.75 Å². The summed E-state index contributed by atoms with van der Waals surface area (Å²) in [6.45, 7) is 2.53. The van der Waals surface area contributed by atoms with Crippen LogP contribution in [0.25, 0.3) is 0 Å². The molecule has 3 aromatic carbocycles. The van der Waals surface area contributed by atoms with Crippen LogP contribution in [0.4, 0.5) is 10.1 Å². The second kappa shape index (κ2) is 7.41. The number of hydrazone groups is 1. The van der Waals surface area contributed by atoms with Crippen molar-refractivity contribution in [2.45, 2.75) is 6.92 Å². The molecule has 4 nitrogen and oxygen atoms in total. The molecule has 1 aliphatic heterocycles. The first-order chi connectivity index (χ1) is 13.2. The maximum atomic E-state index is 13.3. The molecule has 0 bridgehead atoms. The molecule has 0 saturated carbocycles. The van der Waals surface area contributed by atoms with E-state index in [0.717, 1.165) is 33.8 Å². The lowest BCUT2D eigenvalue weighted by Gasteiger charge is -2.10. The van der Waals surface area contributed by atoms with Gasteiger partial charge in [-0.25, -0.2) is 9.38 Å². The number of halogens is 1. The van der Waals surface area contributed by atoms with Crippen molar-refractivity contribution in [3.8, 4) is 5.75 Å². The van der Waals surface area contributed by atoms with Crippen molar-refractivity contribution in [2.24, 2.45) is 10.1 Å². The fourth-order valence-electron chi connectivity index (χ4n) is 2.93. The Kier molecular flexibility index (Phi) is 4.66. The van der Waals surface area contributed by atoms with Gasteiger partial charge in [0.15, 0.2) is 5.84 Å². The smallest absolute Gasteiger partial charge is 0.154 e. The Hall–Kier alpha value is -3.47. The van der Waals surface area contributed by atoms with Crippen LogP contribution in [0.2, 0.25) is 0 Å². The third-order valence-corrected chi connectivity index (χ3v) is 4.20. The van der Waals surface area contributed by atoms with Crippen LogP contribution in [0.1, 0.15) is 23.6 Å². The van der Waals surface area contributed by atoms with Gasteiger partial charge in [-0.2, -0.15) is 5.10 Å². The summed E-state index contributed by atoms with van der Waals surface area (Å²) in [5.41, 5.74) is 7.18. The Balaban J connectivity index is 1.85. The predicted octanol–water partition coefficient (Wildman–Crippen LogP) is 4.66. The van der Waals surface area contributed by atoms with Gasteiger partial charge in [0.25, 0.3) is 0 Å². The van der Waals surface area contributed by atoms with E-state index in [1.54, 1.807) is 12.1 Å². The van der Waals surface area contributed by atoms with Gasteiger partial charge in [0, 0.05) is 16.7 Å². The van der Waals surface area contributed by atoms with Crippen molar-refractivity contribution in [1.82, 2.24) is 5.43 Å². The molecule has 0 atom stereocenters. The molecule has 0 saturated heterocycles. The van der Waals surface area contributed by atoms with Gasteiger partial charge < -0.3 is 4.74 Å². The predicted molar refractivity (Wildman–Crippen MR) is 105 cm³/mol. The van der Waals surface area contributed by atoms with Crippen molar-refractivity contribution >= 4 is 17.2 Å². The molecule has 1 N–H and O–H groups in total. The van der Waals surface area contributed by atoms with E-state index in [-0.39, 0.29) is 5.82 Å². The van der Waals surface area contributed by atoms with Crippen molar-refractivity contribution in [1.29, 1.82) is 0 Å². The van der Waals surface area contributed by atoms with Crippen LogP contribution in [0.15, 0.2) is 82.9 Å². The first-order valence-electron chi connectivity index (χ1n) is 8.75. The number of nitrogens with one attached hydrogen (secondary N) is 1. The van der Waals surface area contributed by atoms with Crippen molar-refractivity contribution in [2.75, 3.05) is 6.61 Å². The number of benzene rings is 3. The Bertz CT molecular complexity index is 1010. The van der Waals surface area contributed by atoms with E-state index < -0.39 is 0 Å². The third-order valence-electron chi connectivity index (χ3n) is 4.20. The fourth-order valence-corrected chi connectivity index (χ4v) is 2.93. The molecule has 0 fully saturated rings.